The van der Waals surface area contributed by atoms with Crippen molar-refractivity contribution in [2.45, 2.75) is 31.7 Å². The largest absolute Gasteiger partial charge is 0.481 e. The molecule has 2 fully saturated rings. The minimum atomic E-state index is -0.785. The van der Waals surface area contributed by atoms with Crippen LogP contribution in [0.25, 0.3) is 0 Å². The number of carbonyl (C=O) groups is 2. The highest BCUT2D eigenvalue weighted by molar-refractivity contribution is 5.75. The molecule has 1 aliphatic heterocycles. The summed E-state index contributed by atoms with van der Waals surface area (Å²) in [5, 5.41) is 17.8. The maximum atomic E-state index is 12.5. The molecule has 7 nitrogen and oxygen atoms in total. The van der Waals surface area contributed by atoms with Crippen LogP contribution in [-0.2, 0) is 4.79 Å². The van der Waals surface area contributed by atoms with Crippen LogP contribution in [0.15, 0.2) is 0 Å². The number of nitrogens with zero attached hydrogens (tertiary/aromatic N) is 3. The highest BCUT2D eigenvalue weighted by Gasteiger charge is 2.32. The van der Waals surface area contributed by atoms with E-state index >= 15 is 0 Å². The summed E-state index contributed by atoms with van der Waals surface area (Å²) in [7, 11) is 0. The van der Waals surface area contributed by atoms with Crippen LogP contribution in [0, 0.1) is 0 Å². The van der Waals surface area contributed by atoms with Crippen molar-refractivity contribution in [3.63, 3.8) is 0 Å². The second-order valence-electron chi connectivity index (χ2n) is 5.76. The Bertz CT molecular complexity index is 365. The maximum absolute atomic E-state index is 12.5. The number of aliphatic hydroxyl groups is 1. The van der Waals surface area contributed by atoms with Gasteiger partial charge in [-0.05, 0) is 19.3 Å². The van der Waals surface area contributed by atoms with E-state index in [0.29, 0.717) is 26.2 Å². The van der Waals surface area contributed by atoms with Crippen LogP contribution in [0.4, 0.5) is 4.79 Å². The maximum Gasteiger partial charge on any atom is 0.320 e. The van der Waals surface area contributed by atoms with Crippen LogP contribution in [-0.4, -0.2) is 88.8 Å². The third-order valence-corrected chi connectivity index (χ3v) is 4.39. The Morgan fingerprint density at radius 2 is 1.81 bits per heavy atom. The molecule has 0 spiro atoms. The highest BCUT2D eigenvalue weighted by Crippen LogP contribution is 2.25. The van der Waals surface area contributed by atoms with Crippen molar-refractivity contribution < 1.29 is 19.8 Å². The lowest BCUT2D eigenvalue weighted by atomic mass is 9.91. The van der Waals surface area contributed by atoms with E-state index in [-0.39, 0.29) is 25.1 Å². The van der Waals surface area contributed by atoms with Crippen LogP contribution in [0.3, 0.4) is 0 Å². The molecule has 0 atom stereocenters. The van der Waals surface area contributed by atoms with Crippen LogP contribution < -0.4 is 0 Å². The Kier molecular flexibility index (Phi) is 5.81. The summed E-state index contributed by atoms with van der Waals surface area (Å²) in [4.78, 5) is 28.8. The third-order valence-electron chi connectivity index (χ3n) is 4.39. The molecule has 1 saturated heterocycles. The number of aliphatic carboxylic acids is 1. The van der Waals surface area contributed by atoms with Crippen molar-refractivity contribution in [2.75, 3.05) is 45.9 Å². The summed E-state index contributed by atoms with van der Waals surface area (Å²) in [5.41, 5.74) is 0. The summed E-state index contributed by atoms with van der Waals surface area (Å²) in [6.07, 6.45) is 3.37. The lowest BCUT2D eigenvalue weighted by molar-refractivity contribution is -0.137. The van der Waals surface area contributed by atoms with Gasteiger partial charge < -0.3 is 20.0 Å². The zero-order valence-corrected chi connectivity index (χ0v) is 12.4. The topological polar surface area (TPSA) is 84.3 Å². The Morgan fingerprint density at radius 3 is 2.29 bits per heavy atom. The fraction of sp³-hybridized carbons (Fsp3) is 0.857. The van der Waals surface area contributed by atoms with Gasteiger partial charge in [0, 0.05) is 45.3 Å². The molecule has 0 aromatic rings. The first-order valence-electron chi connectivity index (χ1n) is 7.72. The number of rotatable bonds is 6. The van der Waals surface area contributed by atoms with E-state index in [1.54, 1.807) is 4.90 Å². The molecule has 1 aliphatic carbocycles. The minimum Gasteiger partial charge on any atom is -0.481 e. The number of hydrogen-bond acceptors (Lipinski definition) is 4. The summed E-state index contributed by atoms with van der Waals surface area (Å²) >= 11 is 0. The van der Waals surface area contributed by atoms with Gasteiger partial charge in [-0.1, -0.05) is 0 Å². The van der Waals surface area contributed by atoms with Crippen molar-refractivity contribution in [3.05, 3.63) is 0 Å². The molecule has 2 N–H and O–H groups in total. The Hall–Kier alpha value is -1.34. The average Bonchev–Trinajstić information content (AvgIpc) is 2.42. The molecule has 1 heterocycles. The van der Waals surface area contributed by atoms with E-state index in [1.165, 1.54) is 0 Å². The van der Waals surface area contributed by atoms with E-state index in [4.69, 9.17) is 10.2 Å². The lowest BCUT2D eigenvalue weighted by Gasteiger charge is -2.42. The third kappa shape index (κ3) is 4.31. The van der Waals surface area contributed by atoms with E-state index in [1.807, 2.05) is 4.90 Å². The molecule has 0 aromatic carbocycles. The summed E-state index contributed by atoms with van der Waals surface area (Å²) in [6, 6.07) is 0.307. The number of carboxylic acid groups (broad SMARTS) is 1. The van der Waals surface area contributed by atoms with Crippen LogP contribution in [0.1, 0.15) is 25.7 Å². The Labute approximate surface area is 125 Å². The second-order valence-corrected chi connectivity index (χ2v) is 5.76. The molecule has 21 heavy (non-hydrogen) atoms. The summed E-state index contributed by atoms with van der Waals surface area (Å²) in [6.45, 7) is 3.65. The number of carbonyl (C=O) groups excluding carboxylic acids is 1. The van der Waals surface area contributed by atoms with Gasteiger partial charge in [0.25, 0.3) is 0 Å². The monoisotopic (exact) mass is 299 g/mol. The smallest absolute Gasteiger partial charge is 0.320 e. The highest BCUT2D eigenvalue weighted by atomic mass is 16.4. The van der Waals surface area contributed by atoms with E-state index < -0.39 is 5.97 Å². The lowest BCUT2D eigenvalue weighted by Crippen LogP contribution is -2.56. The first-order chi connectivity index (χ1) is 10.1. The van der Waals surface area contributed by atoms with Gasteiger partial charge in [-0.3, -0.25) is 9.69 Å². The number of aliphatic hydroxyl groups excluding tert-OH is 1. The molecule has 2 aliphatic rings. The molecular weight excluding hydrogens is 274 g/mol. The van der Waals surface area contributed by atoms with Crippen molar-refractivity contribution in [3.8, 4) is 0 Å². The normalized spacial score (nSPS) is 20.1. The van der Waals surface area contributed by atoms with Gasteiger partial charge >= 0.3 is 12.0 Å². The first kappa shape index (κ1) is 16.0. The van der Waals surface area contributed by atoms with Gasteiger partial charge in [-0.2, -0.15) is 0 Å². The summed E-state index contributed by atoms with van der Waals surface area (Å²) < 4.78 is 0. The molecule has 0 aromatic heterocycles. The van der Waals surface area contributed by atoms with Gasteiger partial charge in [0.2, 0.25) is 0 Å². The SMILES string of the molecule is O=C(O)CCN1CCN(C(=O)N(CCO)C2CCC2)CC1. The van der Waals surface area contributed by atoms with Gasteiger partial charge in [0.05, 0.1) is 13.0 Å². The Balaban J connectivity index is 1.79. The first-order valence-corrected chi connectivity index (χ1v) is 7.72. The molecule has 2 amide bonds. The Morgan fingerprint density at radius 1 is 1.14 bits per heavy atom. The van der Waals surface area contributed by atoms with Crippen LogP contribution in [0.2, 0.25) is 0 Å². The van der Waals surface area contributed by atoms with Crippen LogP contribution in [0.5, 0.6) is 0 Å². The standard InChI is InChI=1S/C14H25N3O4/c18-11-10-17(12-2-1-3-12)14(21)16-8-6-15(7-9-16)5-4-13(19)20/h12,18H,1-11H2,(H,19,20). The summed E-state index contributed by atoms with van der Waals surface area (Å²) in [5.74, 6) is -0.785. The zero-order chi connectivity index (χ0) is 15.2. The number of piperazine rings is 1. The number of carboxylic acids is 1. The molecule has 0 bridgehead atoms. The molecule has 7 heteroatoms. The second kappa shape index (κ2) is 7.61. The van der Waals surface area contributed by atoms with E-state index in [2.05, 4.69) is 4.90 Å². The molecule has 2 rings (SSSR count). The predicted molar refractivity (Wildman–Crippen MR) is 77.1 cm³/mol. The van der Waals surface area contributed by atoms with Crippen molar-refractivity contribution >= 4 is 12.0 Å². The zero-order valence-electron chi connectivity index (χ0n) is 12.4. The van der Waals surface area contributed by atoms with Crippen molar-refractivity contribution in [2.24, 2.45) is 0 Å². The molecule has 1 saturated carbocycles. The van der Waals surface area contributed by atoms with Gasteiger partial charge in [-0.15, -0.1) is 0 Å². The van der Waals surface area contributed by atoms with Gasteiger partial charge in [0.1, 0.15) is 0 Å². The predicted octanol–water partition coefficient (Wildman–Crippen LogP) is 0.0455. The van der Waals surface area contributed by atoms with E-state index in [0.717, 1.165) is 32.4 Å². The fourth-order valence-corrected chi connectivity index (χ4v) is 2.84. The minimum absolute atomic E-state index is 0.000810. The fourth-order valence-electron chi connectivity index (χ4n) is 2.84. The van der Waals surface area contributed by atoms with Crippen molar-refractivity contribution in [1.82, 2.24) is 14.7 Å². The van der Waals surface area contributed by atoms with Gasteiger partial charge in [-0.25, -0.2) is 4.79 Å². The quantitative estimate of drug-likeness (QED) is 0.724. The van der Waals surface area contributed by atoms with Crippen molar-refractivity contribution in [1.29, 1.82) is 0 Å². The molecular formula is C14H25N3O4. The molecule has 0 radical (unpaired) electrons. The number of amides is 2. The van der Waals surface area contributed by atoms with Crippen LogP contribution >= 0.6 is 0 Å². The average molecular weight is 299 g/mol. The van der Waals surface area contributed by atoms with Gasteiger partial charge in [0.15, 0.2) is 0 Å². The number of hydrogen-bond donors (Lipinski definition) is 2. The number of urea groups is 1. The molecule has 120 valence electrons. The van der Waals surface area contributed by atoms with E-state index in [9.17, 15) is 9.59 Å². The molecule has 0 unspecified atom stereocenters.